The molecule has 34 heavy (non-hydrogen) atoms. The van der Waals surface area contributed by atoms with Gasteiger partial charge in [-0.1, -0.05) is 44.2 Å². The molecular formula is C24H30N4O5S. The van der Waals surface area contributed by atoms with Gasteiger partial charge in [-0.3, -0.25) is 18.7 Å². The summed E-state index contributed by atoms with van der Waals surface area (Å²) in [7, 11) is -1.35. The molecule has 3 aromatic rings. The van der Waals surface area contributed by atoms with Crippen LogP contribution in [0.3, 0.4) is 0 Å². The lowest BCUT2D eigenvalue weighted by Crippen LogP contribution is -2.43. The lowest BCUT2D eigenvalue weighted by atomic mass is 10.1. The first-order valence-electron chi connectivity index (χ1n) is 11.2. The summed E-state index contributed by atoms with van der Waals surface area (Å²) in [5.41, 5.74) is -0.261. The predicted molar refractivity (Wildman–Crippen MR) is 131 cm³/mol. The van der Waals surface area contributed by atoms with Gasteiger partial charge in [0.2, 0.25) is 15.9 Å². The third kappa shape index (κ3) is 4.97. The molecule has 0 aliphatic carbocycles. The smallest absolute Gasteiger partial charge is 0.330 e. The van der Waals surface area contributed by atoms with E-state index in [0.717, 1.165) is 17.4 Å². The number of nitrogens with one attached hydrogen (secondary N) is 1. The van der Waals surface area contributed by atoms with Crippen LogP contribution in [0.25, 0.3) is 10.9 Å². The van der Waals surface area contributed by atoms with Crippen molar-refractivity contribution in [2.24, 2.45) is 14.1 Å². The SMILES string of the molecule is CCCN(CCC)C(=O)C(NS(=O)(=O)c1ccc2c(c1)c(=O)n(C)c(=O)n2C)c1ccccc1. The van der Waals surface area contributed by atoms with Crippen LogP contribution in [0.15, 0.2) is 63.0 Å². The molecule has 0 fully saturated rings. The van der Waals surface area contributed by atoms with E-state index in [1.54, 1.807) is 35.2 Å². The number of carbonyl (C=O) groups is 1. The molecule has 0 radical (unpaired) electrons. The van der Waals surface area contributed by atoms with Crippen LogP contribution in [0.1, 0.15) is 38.3 Å². The highest BCUT2D eigenvalue weighted by Crippen LogP contribution is 2.22. The molecule has 1 amide bonds. The third-order valence-corrected chi connectivity index (χ3v) is 7.12. The van der Waals surface area contributed by atoms with E-state index >= 15 is 0 Å². The Bertz CT molecular complexity index is 1410. The lowest BCUT2D eigenvalue weighted by molar-refractivity contribution is -0.133. The number of amides is 1. The van der Waals surface area contributed by atoms with Crippen LogP contribution in [-0.4, -0.2) is 41.4 Å². The number of hydrogen-bond acceptors (Lipinski definition) is 5. The molecule has 1 N–H and O–H groups in total. The Hall–Kier alpha value is -3.24. The van der Waals surface area contributed by atoms with Crippen molar-refractivity contribution in [3.63, 3.8) is 0 Å². The van der Waals surface area contributed by atoms with Crippen molar-refractivity contribution in [2.45, 2.75) is 37.6 Å². The van der Waals surface area contributed by atoms with Crippen molar-refractivity contribution < 1.29 is 13.2 Å². The van der Waals surface area contributed by atoms with Crippen LogP contribution in [0.4, 0.5) is 0 Å². The molecule has 1 aromatic heterocycles. The molecule has 0 spiro atoms. The molecule has 1 unspecified atom stereocenters. The van der Waals surface area contributed by atoms with Crippen molar-refractivity contribution in [1.29, 1.82) is 0 Å². The fraction of sp³-hybridized carbons (Fsp3) is 0.375. The number of aromatic nitrogens is 2. The summed E-state index contributed by atoms with van der Waals surface area (Å²) in [6.45, 7) is 4.94. The van der Waals surface area contributed by atoms with Crippen LogP contribution in [0.2, 0.25) is 0 Å². The number of carbonyl (C=O) groups excluding carboxylic acids is 1. The van der Waals surface area contributed by atoms with Crippen molar-refractivity contribution >= 4 is 26.8 Å². The van der Waals surface area contributed by atoms with Gasteiger partial charge in [-0.25, -0.2) is 13.2 Å². The quantitative estimate of drug-likeness (QED) is 0.497. The van der Waals surface area contributed by atoms with Crippen LogP contribution in [-0.2, 0) is 28.9 Å². The highest BCUT2D eigenvalue weighted by molar-refractivity contribution is 7.89. The molecule has 0 bridgehead atoms. The van der Waals surface area contributed by atoms with E-state index in [4.69, 9.17) is 0 Å². The van der Waals surface area contributed by atoms with E-state index in [1.165, 1.54) is 36.9 Å². The minimum absolute atomic E-state index is 0.0913. The van der Waals surface area contributed by atoms with Gasteiger partial charge < -0.3 is 4.90 Å². The minimum Gasteiger partial charge on any atom is -0.341 e. The summed E-state index contributed by atoms with van der Waals surface area (Å²) in [6, 6.07) is 11.5. The summed E-state index contributed by atoms with van der Waals surface area (Å²) in [5.74, 6) is -0.336. The lowest BCUT2D eigenvalue weighted by Gasteiger charge is -2.27. The Morgan fingerprint density at radius 1 is 0.971 bits per heavy atom. The molecule has 3 rings (SSSR count). The van der Waals surface area contributed by atoms with Crippen molar-refractivity contribution in [1.82, 2.24) is 18.8 Å². The molecule has 1 heterocycles. The number of rotatable bonds is 9. The molecule has 1 atom stereocenters. The summed E-state index contributed by atoms with van der Waals surface area (Å²) in [4.78, 5) is 39.8. The standard InChI is InChI=1S/C24H30N4O5S/c1-5-14-28(15-6-2)23(30)21(17-10-8-7-9-11-17)25-34(32,33)18-12-13-20-19(16-18)22(29)27(4)24(31)26(20)3/h7-13,16,21,25H,5-6,14-15H2,1-4H3. The van der Waals surface area contributed by atoms with Gasteiger partial charge in [0.15, 0.2) is 0 Å². The second kappa shape index (κ2) is 10.4. The molecule has 9 nitrogen and oxygen atoms in total. The molecule has 0 saturated carbocycles. The number of hydrogen-bond donors (Lipinski definition) is 1. The van der Waals surface area contributed by atoms with E-state index < -0.39 is 27.3 Å². The average Bonchev–Trinajstić information content (AvgIpc) is 2.84. The third-order valence-electron chi connectivity index (χ3n) is 5.70. The van der Waals surface area contributed by atoms with Gasteiger partial charge in [-0.2, -0.15) is 4.72 Å². The van der Waals surface area contributed by atoms with Crippen molar-refractivity contribution in [2.75, 3.05) is 13.1 Å². The van der Waals surface area contributed by atoms with E-state index in [9.17, 15) is 22.8 Å². The topological polar surface area (TPSA) is 110 Å². The fourth-order valence-electron chi connectivity index (χ4n) is 3.93. The molecule has 0 aliphatic heterocycles. The summed E-state index contributed by atoms with van der Waals surface area (Å²) >= 11 is 0. The summed E-state index contributed by atoms with van der Waals surface area (Å²) < 4.78 is 31.5. The van der Waals surface area contributed by atoms with Gasteiger partial charge in [0.25, 0.3) is 5.56 Å². The molecular weight excluding hydrogens is 456 g/mol. The average molecular weight is 487 g/mol. The second-order valence-corrected chi connectivity index (χ2v) is 9.89. The van der Waals surface area contributed by atoms with Crippen LogP contribution >= 0.6 is 0 Å². The number of fused-ring (bicyclic) bond motifs is 1. The Kier molecular flexibility index (Phi) is 7.73. The Labute approximate surface area is 198 Å². The van der Waals surface area contributed by atoms with Crippen molar-refractivity contribution in [3.05, 3.63) is 74.9 Å². The Morgan fingerprint density at radius 3 is 2.18 bits per heavy atom. The van der Waals surface area contributed by atoms with Gasteiger partial charge in [-0.05, 0) is 36.6 Å². The largest absolute Gasteiger partial charge is 0.341 e. The maximum absolute atomic E-state index is 13.4. The first kappa shape index (κ1) is 25.4. The Morgan fingerprint density at radius 2 is 1.59 bits per heavy atom. The van der Waals surface area contributed by atoms with Gasteiger partial charge >= 0.3 is 5.69 Å². The Balaban J connectivity index is 2.08. The molecule has 182 valence electrons. The van der Waals surface area contributed by atoms with Gasteiger partial charge in [-0.15, -0.1) is 0 Å². The number of nitrogens with zero attached hydrogens (tertiary/aromatic N) is 3. The van der Waals surface area contributed by atoms with E-state index in [2.05, 4.69) is 4.72 Å². The van der Waals surface area contributed by atoms with E-state index in [-0.39, 0.29) is 16.2 Å². The predicted octanol–water partition coefficient (Wildman–Crippen LogP) is 1.91. The van der Waals surface area contributed by atoms with Crippen LogP contribution in [0, 0.1) is 0 Å². The maximum Gasteiger partial charge on any atom is 0.330 e. The van der Waals surface area contributed by atoms with Crippen LogP contribution < -0.4 is 16.0 Å². The van der Waals surface area contributed by atoms with E-state index in [1.807, 2.05) is 13.8 Å². The first-order valence-corrected chi connectivity index (χ1v) is 12.7. The van der Waals surface area contributed by atoms with Gasteiger partial charge in [0.05, 0.1) is 15.8 Å². The fourth-order valence-corrected chi connectivity index (χ4v) is 5.13. The highest BCUT2D eigenvalue weighted by atomic mass is 32.2. The first-order chi connectivity index (χ1) is 16.1. The zero-order valence-corrected chi connectivity index (χ0v) is 20.6. The van der Waals surface area contributed by atoms with Crippen LogP contribution in [0.5, 0.6) is 0 Å². The number of benzene rings is 2. The monoisotopic (exact) mass is 486 g/mol. The van der Waals surface area contributed by atoms with Gasteiger partial charge in [0.1, 0.15) is 6.04 Å². The van der Waals surface area contributed by atoms with E-state index in [0.29, 0.717) is 24.2 Å². The zero-order valence-electron chi connectivity index (χ0n) is 19.8. The highest BCUT2D eigenvalue weighted by Gasteiger charge is 2.30. The zero-order chi connectivity index (χ0) is 25.0. The maximum atomic E-state index is 13.4. The molecule has 0 aliphatic rings. The minimum atomic E-state index is -4.19. The van der Waals surface area contributed by atoms with Crippen molar-refractivity contribution in [3.8, 4) is 0 Å². The normalized spacial score (nSPS) is 12.6. The second-order valence-electron chi connectivity index (χ2n) is 8.17. The number of aryl methyl sites for hydroxylation is 1. The molecule has 10 heteroatoms. The summed E-state index contributed by atoms with van der Waals surface area (Å²) in [6.07, 6.45) is 1.49. The summed E-state index contributed by atoms with van der Waals surface area (Å²) in [5, 5.41) is 0.0913. The molecule has 2 aromatic carbocycles. The van der Waals surface area contributed by atoms with Gasteiger partial charge in [0, 0.05) is 27.2 Å². The number of sulfonamides is 1. The molecule has 0 saturated heterocycles.